The number of halogens is 1. The number of thioether (sulfide) groups is 1. The second kappa shape index (κ2) is 8.19. The van der Waals surface area contributed by atoms with Gasteiger partial charge in [0.15, 0.2) is 0 Å². The number of amides is 1. The SMILES string of the molecule is O=C(Cc1cn(-c2ccccc2)nc1-c1ccc(Cl)cc1)N1CCSCC1. The van der Waals surface area contributed by atoms with Gasteiger partial charge in [-0.2, -0.15) is 16.9 Å². The van der Waals surface area contributed by atoms with E-state index in [-0.39, 0.29) is 5.91 Å². The van der Waals surface area contributed by atoms with Crippen LogP contribution in [0, 0.1) is 0 Å². The summed E-state index contributed by atoms with van der Waals surface area (Å²) in [4.78, 5) is 14.8. The van der Waals surface area contributed by atoms with Crippen LogP contribution in [-0.4, -0.2) is 45.2 Å². The summed E-state index contributed by atoms with van der Waals surface area (Å²) in [7, 11) is 0. The van der Waals surface area contributed by atoms with Gasteiger partial charge in [-0.05, 0) is 24.3 Å². The van der Waals surface area contributed by atoms with E-state index < -0.39 is 0 Å². The van der Waals surface area contributed by atoms with E-state index in [9.17, 15) is 4.79 Å². The minimum Gasteiger partial charge on any atom is -0.341 e. The molecule has 1 amide bonds. The number of benzene rings is 2. The summed E-state index contributed by atoms with van der Waals surface area (Å²) in [6.07, 6.45) is 2.32. The van der Waals surface area contributed by atoms with E-state index in [1.54, 1.807) is 0 Å². The lowest BCUT2D eigenvalue weighted by Crippen LogP contribution is -2.38. The Kier molecular flexibility index (Phi) is 5.50. The fourth-order valence-electron chi connectivity index (χ4n) is 3.19. The fourth-order valence-corrected chi connectivity index (χ4v) is 4.22. The van der Waals surface area contributed by atoms with Crippen LogP contribution in [0.5, 0.6) is 0 Å². The Balaban J connectivity index is 1.68. The average molecular weight is 398 g/mol. The van der Waals surface area contributed by atoms with E-state index in [1.165, 1.54) is 0 Å². The average Bonchev–Trinajstić information content (AvgIpc) is 3.13. The van der Waals surface area contributed by atoms with Gasteiger partial charge in [0.1, 0.15) is 0 Å². The van der Waals surface area contributed by atoms with Crippen molar-refractivity contribution < 1.29 is 4.79 Å². The zero-order chi connectivity index (χ0) is 18.6. The van der Waals surface area contributed by atoms with E-state index >= 15 is 0 Å². The molecule has 0 bridgehead atoms. The number of carbonyl (C=O) groups is 1. The summed E-state index contributed by atoms with van der Waals surface area (Å²) in [6.45, 7) is 1.65. The van der Waals surface area contributed by atoms with E-state index in [1.807, 2.05) is 82.1 Å². The third kappa shape index (κ3) is 4.20. The lowest BCUT2D eigenvalue weighted by Gasteiger charge is -2.26. The molecular weight excluding hydrogens is 378 g/mol. The van der Waals surface area contributed by atoms with Crippen molar-refractivity contribution in [1.29, 1.82) is 0 Å². The summed E-state index contributed by atoms with van der Waals surface area (Å²) < 4.78 is 1.85. The smallest absolute Gasteiger partial charge is 0.227 e. The van der Waals surface area contributed by atoms with Gasteiger partial charge in [0.2, 0.25) is 5.91 Å². The van der Waals surface area contributed by atoms with Crippen LogP contribution in [0.3, 0.4) is 0 Å². The first-order valence-electron chi connectivity index (χ1n) is 8.96. The molecule has 0 atom stereocenters. The number of aromatic nitrogens is 2. The molecule has 3 aromatic rings. The monoisotopic (exact) mass is 397 g/mol. The summed E-state index contributed by atoms with van der Waals surface area (Å²) in [6, 6.07) is 17.6. The molecule has 1 fully saturated rings. The van der Waals surface area contributed by atoms with Crippen LogP contribution in [0.25, 0.3) is 16.9 Å². The molecule has 6 heteroatoms. The molecule has 1 aromatic heterocycles. The highest BCUT2D eigenvalue weighted by molar-refractivity contribution is 7.99. The predicted molar refractivity (Wildman–Crippen MR) is 112 cm³/mol. The van der Waals surface area contributed by atoms with Gasteiger partial charge in [-0.1, -0.05) is 41.9 Å². The Hall–Kier alpha value is -2.24. The van der Waals surface area contributed by atoms with Crippen molar-refractivity contribution in [2.75, 3.05) is 24.6 Å². The highest BCUT2D eigenvalue weighted by Gasteiger charge is 2.21. The molecule has 2 aromatic carbocycles. The highest BCUT2D eigenvalue weighted by atomic mass is 35.5. The second-order valence-electron chi connectivity index (χ2n) is 6.46. The van der Waals surface area contributed by atoms with Crippen molar-refractivity contribution in [3.63, 3.8) is 0 Å². The van der Waals surface area contributed by atoms with Crippen molar-refractivity contribution in [3.05, 3.63) is 71.4 Å². The predicted octanol–water partition coefficient (Wildman–Crippen LogP) is 4.31. The molecular formula is C21H20ClN3OS. The molecule has 1 aliphatic heterocycles. The van der Waals surface area contributed by atoms with Gasteiger partial charge in [0.05, 0.1) is 17.8 Å². The topological polar surface area (TPSA) is 38.1 Å². The number of hydrogen-bond acceptors (Lipinski definition) is 3. The van der Waals surface area contributed by atoms with E-state index in [0.29, 0.717) is 11.4 Å². The van der Waals surface area contributed by atoms with Crippen molar-refractivity contribution in [1.82, 2.24) is 14.7 Å². The molecule has 0 aliphatic carbocycles. The maximum Gasteiger partial charge on any atom is 0.227 e. The van der Waals surface area contributed by atoms with Crippen molar-refractivity contribution in [3.8, 4) is 16.9 Å². The Morgan fingerprint density at radius 1 is 1.04 bits per heavy atom. The van der Waals surface area contributed by atoms with Crippen LogP contribution in [0.4, 0.5) is 0 Å². The lowest BCUT2D eigenvalue weighted by atomic mass is 10.1. The van der Waals surface area contributed by atoms with Gasteiger partial charge in [-0.15, -0.1) is 0 Å². The van der Waals surface area contributed by atoms with Crippen LogP contribution < -0.4 is 0 Å². The molecule has 4 nitrogen and oxygen atoms in total. The van der Waals surface area contributed by atoms with Crippen molar-refractivity contribution in [2.24, 2.45) is 0 Å². The Bertz CT molecular complexity index is 918. The molecule has 27 heavy (non-hydrogen) atoms. The van der Waals surface area contributed by atoms with Gasteiger partial charge >= 0.3 is 0 Å². The normalized spacial score (nSPS) is 14.3. The molecule has 138 valence electrons. The van der Waals surface area contributed by atoms with Gasteiger partial charge in [-0.25, -0.2) is 4.68 Å². The standard InChI is InChI=1S/C21H20ClN3OS/c22-18-8-6-16(7-9-18)21-17(14-20(26)24-10-12-27-13-11-24)15-25(23-21)19-4-2-1-3-5-19/h1-9,15H,10-14H2. The number of rotatable bonds is 4. The van der Waals surface area contributed by atoms with Crippen LogP contribution in [0.2, 0.25) is 5.02 Å². The summed E-state index contributed by atoms with van der Waals surface area (Å²) in [5.74, 6) is 2.19. The first kappa shape index (κ1) is 18.1. The zero-order valence-corrected chi connectivity index (χ0v) is 16.4. The molecule has 0 saturated carbocycles. The molecule has 4 rings (SSSR count). The van der Waals surface area contributed by atoms with Crippen LogP contribution in [-0.2, 0) is 11.2 Å². The highest BCUT2D eigenvalue weighted by Crippen LogP contribution is 2.26. The minimum absolute atomic E-state index is 0.165. The third-order valence-electron chi connectivity index (χ3n) is 4.63. The molecule has 0 spiro atoms. The summed E-state index contributed by atoms with van der Waals surface area (Å²) >= 11 is 7.94. The number of carbonyl (C=O) groups excluding carboxylic acids is 1. The summed E-state index contributed by atoms with van der Waals surface area (Å²) in [5, 5.41) is 5.46. The molecule has 1 saturated heterocycles. The van der Waals surface area contributed by atoms with Gasteiger partial charge in [0.25, 0.3) is 0 Å². The molecule has 0 unspecified atom stereocenters. The molecule has 2 heterocycles. The molecule has 0 radical (unpaired) electrons. The lowest BCUT2D eigenvalue weighted by molar-refractivity contribution is -0.130. The fraction of sp³-hybridized carbons (Fsp3) is 0.238. The number of hydrogen-bond donors (Lipinski definition) is 0. The van der Waals surface area contributed by atoms with E-state index in [2.05, 4.69) is 0 Å². The maximum atomic E-state index is 12.8. The van der Waals surface area contributed by atoms with Crippen molar-refractivity contribution in [2.45, 2.75) is 6.42 Å². The first-order chi connectivity index (χ1) is 13.2. The quantitative estimate of drug-likeness (QED) is 0.658. The number of para-hydroxylation sites is 1. The molecule has 1 aliphatic rings. The van der Waals surface area contributed by atoms with Gasteiger partial charge in [0, 0.05) is 46.9 Å². The molecule has 0 N–H and O–H groups in total. The Morgan fingerprint density at radius 3 is 2.44 bits per heavy atom. The largest absolute Gasteiger partial charge is 0.341 e. The maximum absolute atomic E-state index is 12.8. The van der Waals surface area contributed by atoms with E-state index in [4.69, 9.17) is 16.7 Å². The zero-order valence-electron chi connectivity index (χ0n) is 14.8. The second-order valence-corrected chi connectivity index (χ2v) is 8.12. The van der Waals surface area contributed by atoms with Crippen LogP contribution in [0.15, 0.2) is 60.8 Å². The van der Waals surface area contributed by atoms with Crippen LogP contribution >= 0.6 is 23.4 Å². The van der Waals surface area contributed by atoms with Crippen LogP contribution in [0.1, 0.15) is 5.56 Å². The van der Waals surface area contributed by atoms with E-state index in [0.717, 1.165) is 47.1 Å². The number of nitrogens with zero attached hydrogens (tertiary/aromatic N) is 3. The van der Waals surface area contributed by atoms with Gasteiger partial charge in [-0.3, -0.25) is 4.79 Å². The minimum atomic E-state index is 0.165. The summed E-state index contributed by atoms with van der Waals surface area (Å²) in [5.41, 5.74) is 3.70. The Morgan fingerprint density at radius 2 is 1.74 bits per heavy atom. The first-order valence-corrected chi connectivity index (χ1v) is 10.5. The Labute approximate surface area is 168 Å². The third-order valence-corrected chi connectivity index (χ3v) is 5.83. The van der Waals surface area contributed by atoms with Gasteiger partial charge < -0.3 is 4.90 Å². The van der Waals surface area contributed by atoms with Crippen molar-refractivity contribution >= 4 is 29.3 Å².